The number of anilines is 18. The van der Waals surface area contributed by atoms with Crippen LogP contribution in [-0.2, 0) is 0 Å². The van der Waals surface area contributed by atoms with Crippen molar-refractivity contribution in [2.45, 2.75) is 0 Å². The summed E-state index contributed by atoms with van der Waals surface area (Å²) in [5, 5.41) is 7.53. The van der Waals surface area contributed by atoms with Crippen molar-refractivity contribution in [2.75, 3.05) is 29.4 Å². The molecule has 0 bridgehead atoms. The van der Waals surface area contributed by atoms with Gasteiger partial charge in [-0.05, 0) is 171 Å². The second-order valence-corrected chi connectivity index (χ2v) is 34.5. The Bertz CT molecular complexity index is 7630. The Balaban J connectivity index is 0.807. The molecule has 21 aromatic rings. The molecule has 18 aromatic carbocycles. The summed E-state index contributed by atoms with van der Waals surface area (Å²) < 4.78 is 7.51. The zero-order chi connectivity index (χ0) is 77.9. The van der Waals surface area contributed by atoms with Crippen LogP contribution in [0.1, 0.15) is 0 Å². The molecule has 0 radical (unpaired) electrons. The van der Waals surface area contributed by atoms with Crippen molar-refractivity contribution < 1.29 is 0 Å². The third-order valence-corrected chi connectivity index (χ3v) is 28.5. The molecular weight excluding hydrogens is 1500 g/mol. The summed E-state index contributed by atoms with van der Waals surface area (Å²) in [5.74, 6) is 0. The van der Waals surface area contributed by atoms with E-state index in [4.69, 9.17) is 0 Å². The monoisotopic (exact) mass is 1570 g/mol. The lowest BCUT2D eigenvalue weighted by Crippen LogP contribution is -2.65. The van der Waals surface area contributed by atoms with Gasteiger partial charge in [0.05, 0.1) is 48.2 Å². The number of hydrogen-bond donors (Lipinski definition) is 0. The summed E-state index contributed by atoms with van der Waals surface area (Å²) in [6.07, 6.45) is 0. The van der Waals surface area contributed by atoms with E-state index in [1.54, 1.807) is 0 Å². The van der Waals surface area contributed by atoms with E-state index < -0.39 is 0 Å². The summed E-state index contributed by atoms with van der Waals surface area (Å²) in [6, 6.07) is 155. The van der Waals surface area contributed by atoms with E-state index in [0.29, 0.717) is 0 Å². The molecule has 11 heteroatoms. The van der Waals surface area contributed by atoms with Gasteiger partial charge < -0.3 is 29.4 Å². The molecule has 4 aliphatic heterocycles. The summed E-state index contributed by atoms with van der Waals surface area (Å²) in [6.45, 7) is -0.521. The fraction of sp³-hybridized carbons (Fsp3) is 0. The van der Waals surface area contributed by atoms with Gasteiger partial charge in [-0.3, -0.25) is 0 Å². The normalized spacial score (nSPS) is 12.9. The molecule has 0 N–H and O–H groups in total. The summed E-state index contributed by atoms with van der Waals surface area (Å²) in [4.78, 5) is 15.7. The van der Waals surface area contributed by atoms with Gasteiger partial charge in [0.1, 0.15) is 0 Å². The number of benzene rings is 18. The lowest BCUT2D eigenvalue weighted by Gasteiger charge is -2.48. The highest BCUT2D eigenvalue weighted by Gasteiger charge is 2.50. The second-order valence-electron chi connectivity index (χ2n) is 31.3. The topological polar surface area (TPSA) is 19.4 Å². The molecule has 0 atom stereocenters. The molecule has 3 aromatic heterocycles. The van der Waals surface area contributed by atoms with Gasteiger partial charge in [-0.2, -0.15) is 0 Å². The Morgan fingerprint density at radius 2 is 0.546 bits per heavy atom. The zero-order valence-corrected chi connectivity index (χ0v) is 66.8. The van der Waals surface area contributed by atoms with Crippen molar-refractivity contribution >= 4 is 243 Å². The number of thiophene rings is 3. The molecular formula is C108H68B2N6S3. The first-order valence-electron chi connectivity index (χ1n) is 40.8. The smallest absolute Gasteiger partial charge is 0.252 e. The average molecular weight is 1570 g/mol. The molecule has 25 rings (SSSR count). The highest BCUT2D eigenvalue weighted by atomic mass is 32.1. The van der Waals surface area contributed by atoms with Gasteiger partial charge in [0.25, 0.3) is 13.4 Å². The minimum atomic E-state index is -0.268. The van der Waals surface area contributed by atoms with E-state index in [1.165, 1.54) is 93.3 Å². The molecule has 0 spiro atoms. The zero-order valence-electron chi connectivity index (χ0n) is 64.3. The molecule has 0 aliphatic carbocycles. The minimum Gasteiger partial charge on any atom is -0.311 e. The first kappa shape index (κ1) is 67.8. The van der Waals surface area contributed by atoms with Crippen LogP contribution in [0.5, 0.6) is 0 Å². The number of fused-ring (bicyclic) bond motifs is 17. The van der Waals surface area contributed by atoms with Crippen LogP contribution in [-0.4, -0.2) is 13.4 Å². The first-order valence-corrected chi connectivity index (χ1v) is 43.2. The SMILES string of the molecule is c1ccc(-c2cccc(-c3ccccc3)c2N(c2ccccc2)c2cc3c4c(c2)N(c2cccc5c2sc2ccccc25)c2ccccc2B4c2cc4c(cc2N3c2ccccc2)N(c2ccccc2)c2cc(N(c3ccccc3)c3cccc5c3sc3ccccc35)cc3c2B4c2ccccc2N3c2cccc3c2sc2ccccc23)cc1. The molecule has 119 heavy (non-hydrogen) atoms. The van der Waals surface area contributed by atoms with Crippen LogP contribution in [0.3, 0.4) is 0 Å². The van der Waals surface area contributed by atoms with E-state index in [1.807, 2.05) is 34.0 Å². The highest BCUT2D eigenvalue weighted by molar-refractivity contribution is 7.27. The van der Waals surface area contributed by atoms with Crippen LogP contribution < -0.4 is 62.2 Å². The van der Waals surface area contributed by atoms with E-state index in [-0.39, 0.29) is 13.4 Å². The molecule has 4 aliphatic rings. The third-order valence-electron chi connectivity index (χ3n) is 24.9. The Morgan fingerprint density at radius 3 is 1.01 bits per heavy atom. The average Bonchev–Trinajstić information content (AvgIpc) is 0.847. The molecule has 6 nitrogen and oxygen atoms in total. The minimum absolute atomic E-state index is 0.253. The number of hydrogen-bond acceptors (Lipinski definition) is 9. The van der Waals surface area contributed by atoms with E-state index in [0.717, 1.165) is 125 Å². The van der Waals surface area contributed by atoms with Crippen molar-refractivity contribution in [1.29, 1.82) is 0 Å². The van der Waals surface area contributed by atoms with Crippen molar-refractivity contribution in [3.63, 3.8) is 0 Å². The maximum Gasteiger partial charge on any atom is 0.252 e. The van der Waals surface area contributed by atoms with Gasteiger partial charge >= 0.3 is 0 Å². The largest absolute Gasteiger partial charge is 0.311 e. The molecule has 7 heterocycles. The number of para-hydroxylation sites is 7. The van der Waals surface area contributed by atoms with Gasteiger partial charge in [-0.15, -0.1) is 34.0 Å². The highest BCUT2D eigenvalue weighted by Crippen LogP contribution is 2.57. The van der Waals surface area contributed by atoms with Crippen LogP contribution in [0.2, 0.25) is 0 Å². The quantitative estimate of drug-likeness (QED) is 0.113. The van der Waals surface area contributed by atoms with E-state index in [9.17, 15) is 0 Å². The molecule has 0 amide bonds. The van der Waals surface area contributed by atoms with Crippen LogP contribution in [0.4, 0.5) is 102 Å². The van der Waals surface area contributed by atoms with Crippen LogP contribution in [0.15, 0.2) is 413 Å². The Morgan fingerprint density at radius 1 is 0.210 bits per heavy atom. The summed E-state index contributed by atoms with van der Waals surface area (Å²) >= 11 is 5.65. The summed E-state index contributed by atoms with van der Waals surface area (Å²) in [7, 11) is 0. The van der Waals surface area contributed by atoms with Crippen LogP contribution in [0.25, 0.3) is 82.8 Å². The van der Waals surface area contributed by atoms with Crippen molar-refractivity contribution in [1.82, 2.24) is 0 Å². The molecule has 0 saturated carbocycles. The van der Waals surface area contributed by atoms with Crippen molar-refractivity contribution in [2.24, 2.45) is 0 Å². The Labute approximate surface area is 701 Å². The number of rotatable bonds is 12. The van der Waals surface area contributed by atoms with Gasteiger partial charge in [0.15, 0.2) is 0 Å². The van der Waals surface area contributed by atoms with Crippen molar-refractivity contribution in [3.8, 4) is 22.3 Å². The molecule has 0 unspecified atom stereocenters. The van der Waals surface area contributed by atoms with Crippen molar-refractivity contribution in [3.05, 3.63) is 413 Å². The van der Waals surface area contributed by atoms with E-state index >= 15 is 0 Å². The predicted octanol–water partition coefficient (Wildman–Crippen LogP) is 27.2. The second kappa shape index (κ2) is 27.1. The van der Waals surface area contributed by atoms with Gasteiger partial charge in [0, 0.05) is 126 Å². The van der Waals surface area contributed by atoms with E-state index in [2.05, 4.69) is 442 Å². The molecule has 554 valence electrons. The lowest BCUT2D eigenvalue weighted by atomic mass is 9.30. The van der Waals surface area contributed by atoms with Gasteiger partial charge in [-0.25, -0.2) is 0 Å². The van der Waals surface area contributed by atoms with Gasteiger partial charge in [-0.1, -0.05) is 285 Å². The fourth-order valence-electron chi connectivity index (χ4n) is 20.0. The summed E-state index contributed by atoms with van der Waals surface area (Å²) in [5.41, 5.74) is 31.7. The molecule has 0 fully saturated rings. The predicted molar refractivity (Wildman–Crippen MR) is 513 cm³/mol. The maximum absolute atomic E-state index is 2.68. The molecule has 0 saturated heterocycles. The lowest BCUT2D eigenvalue weighted by molar-refractivity contribution is 1.22. The Kier molecular flexibility index (Phi) is 15.4. The standard InChI is InChI=1S/C108H68B2N6S3/c1-7-33-69(34-8-1)77-48-29-49-78(70-35-9-2-10-36-70)105(77)112(72-39-13-4-14-40-72)76-65-97-104-99(66-76)116(93-59-32-52-84-81-47-21-28-62-102(81)119-108(84)93)90-56-25-23-54-86(90)110(104)88-67-87-94(68-95(88)114(97)74-43-17-6-18-44-74)113(73-41-15-5-16-42-73)96-63-75(111(71-37-11-3-12-38-71)91-57-30-50-82-79-45-19-26-60-100(79)117-106(82)91)64-98-103(96)109(87)85-53-22-24-55-89(85)115(98)92-58-31-51-83-80-46-20-27-61-101(80)118-107(83)92/h1-68H. The Hall–Kier alpha value is -14.5. The first-order chi connectivity index (χ1) is 59.1. The maximum atomic E-state index is 2.68. The number of nitrogens with zero attached hydrogens (tertiary/aromatic N) is 6. The van der Waals surface area contributed by atoms with Crippen LogP contribution >= 0.6 is 34.0 Å². The van der Waals surface area contributed by atoms with Gasteiger partial charge in [0.2, 0.25) is 0 Å². The fourth-order valence-corrected chi connectivity index (χ4v) is 23.7. The third kappa shape index (κ3) is 10.4. The van der Waals surface area contributed by atoms with Crippen LogP contribution in [0, 0.1) is 0 Å².